The zero-order valence-electron chi connectivity index (χ0n) is 10.4. The van der Waals surface area contributed by atoms with Gasteiger partial charge in [0.2, 0.25) is 0 Å². The van der Waals surface area contributed by atoms with Crippen molar-refractivity contribution >= 4 is 54.4 Å². The quantitative estimate of drug-likeness (QED) is 0.762. The number of carboxylic acid groups (broad SMARTS) is 1. The Morgan fingerprint density at radius 1 is 1.19 bits per heavy atom. The molecule has 0 fully saturated rings. The van der Waals surface area contributed by atoms with Gasteiger partial charge >= 0.3 is 5.97 Å². The van der Waals surface area contributed by atoms with E-state index in [0.717, 1.165) is 27.4 Å². The maximum atomic E-state index is 12.1. The summed E-state index contributed by atoms with van der Waals surface area (Å²) in [4.78, 5) is 11.2. The van der Waals surface area contributed by atoms with Crippen LogP contribution in [0.1, 0.15) is 9.67 Å². The Hall–Kier alpha value is -1.90. The minimum atomic E-state index is -3.59. The number of nitrogens with one attached hydrogen (secondary N) is 1. The van der Waals surface area contributed by atoms with Gasteiger partial charge in [-0.2, -0.15) is 0 Å². The number of fused-ring (bicyclic) bond motifs is 1. The number of rotatable bonds is 4. The molecule has 21 heavy (non-hydrogen) atoms. The Bertz CT molecular complexity index is 910. The van der Waals surface area contributed by atoms with Crippen molar-refractivity contribution < 1.29 is 18.3 Å². The molecular formula is C13H9NO4S3. The summed E-state index contributed by atoms with van der Waals surface area (Å²) in [6.07, 6.45) is 0. The lowest BCUT2D eigenvalue weighted by molar-refractivity contribution is 0.0702. The molecule has 0 amide bonds. The maximum Gasteiger partial charge on any atom is 0.345 e. The van der Waals surface area contributed by atoms with Crippen molar-refractivity contribution in [1.82, 2.24) is 0 Å². The van der Waals surface area contributed by atoms with E-state index < -0.39 is 16.0 Å². The first kappa shape index (κ1) is 14.1. The van der Waals surface area contributed by atoms with Crippen LogP contribution in [-0.4, -0.2) is 19.5 Å². The minimum Gasteiger partial charge on any atom is -0.477 e. The standard InChI is InChI=1S/C13H9NO4S3/c15-13(16)11-7-8-6-9(3-4-10(8)20-11)14-21(17,18)12-2-1-5-19-12/h1-7,14H,(H,15,16). The van der Waals surface area contributed by atoms with E-state index in [4.69, 9.17) is 5.11 Å². The smallest absolute Gasteiger partial charge is 0.345 e. The number of benzene rings is 1. The summed E-state index contributed by atoms with van der Waals surface area (Å²) < 4.78 is 27.8. The maximum absolute atomic E-state index is 12.1. The second-order valence-corrected chi connectivity index (χ2v) is 8.15. The van der Waals surface area contributed by atoms with Crippen LogP contribution >= 0.6 is 22.7 Å². The Morgan fingerprint density at radius 3 is 2.67 bits per heavy atom. The molecule has 2 N–H and O–H groups in total. The number of hydrogen-bond donors (Lipinski definition) is 2. The summed E-state index contributed by atoms with van der Waals surface area (Å²) >= 11 is 2.29. The molecule has 0 aliphatic heterocycles. The van der Waals surface area contributed by atoms with E-state index in [0.29, 0.717) is 11.1 Å². The lowest BCUT2D eigenvalue weighted by Crippen LogP contribution is -2.11. The molecule has 5 nitrogen and oxygen atoms in total. The Balaban J connectivity index is 1.96. The fourth-order valence-corrected chi connectivity index (χ4v) is 4.76. The van der Waals surface area contributed by atoms with Crippen molar-refractivity contribution in [2.45, 2.75) is 4.21 Å². The predicted molar refractivity (Wildman–Crippen MR) is 83.9 cm³/mol. The van der Waals surface area contributed by atoms with Crippen LogP contribution in [0.15, 0.2) is 46.0 Å². The van der Waals surface area contributed by atoms with Gasteiger partial charge in [-0.25, -0.2) is 13.2 Å². The van der Waals surface area contributed by atoms with Crippen molar-refractivity contribution in [2.24, 2.45) is 0 Å². The average molecular weight is 339 g/mol. The third kappa shape index (κ3) is 2.78. The van der Waals surface area contributed by atoms with Crippen LogP contribution in [0.2, 0.25) is 0 Å². The fraction of sp³-hybridized carbons (Fsp3) is 0. The highest BCUT2D eigenvalue weighted by atomic mass is 32.2. The van der Waals surface area contributed by atoms with E-state index in [1.807, 2.05) is 0 Å². The van der Waals surface area contributed by atoms with Gasteiger partial charge in [0, 0.05) is 10.4 Å². The average Bonchev–Trinajstić information content (AvgIpc) is 3.07. The summed E-state index contributed by atoms with van der Waals surface area (Å²) in [6.45, 7) is 0. The third-order valence-corrected chi connectivity index (χ3v) is 6.62. The normalized spacial score (nSPS) is 11.6. The zero-order chi connectivity index (χ0) is 15.0. The molecule has 3 rings (SSSR count). The Morgan fingerprint density at radius 2 is 2.00 bits per heavy atom. The van der Waals surface area contributed by atoms with Crippen LogP contribution < -0.4 is 4.72 Å². The van der Waals surface area contributed by atoms with Gasteiger partial charge in [0.1, 0.15) is 9.09 Å². The van der Waals surface area contributed by atoms with Crippen LogP contribution in [-0.2, 0) is 10.0 Å². The summed E-state index contributed by atoms with van der Waals surface area (Å²) in [5.41, 5.74) is 0.408. The molecule has 2 aromatic heterocycles. The predicted octanol–water partition coefficient (Wildman–Crippen LogP) is 3.46. The van der Waals surface area contributed by atoms with Gasteiger partial charge in [0.05, 0.1) is 0 Å². The molecule has 0 aliphatic rings. The summed E-state index contributed by atoms with van der Waals surface area (Å²) in [5, 5.41) is 11.4. The second-order valence-electron chi connectivity index (χ2n) is 4.21. The van der Waals surface area contributed by atoms with Gasteiger partial charge < -0.3 is 5.11 Å². The number of carbonyl (C=O) groups is 1. The summed E-state index contributed by atoms with van der Waals surface area (Å²) in [6, 6.07) is 9.68. The van der Waals surface area contributed by atoms with Gasteiger partial charge in [0.15, 0.2) is 0 Å². The van der Waals surface area contributed by atoms with Gasteiger partial charge in [-0.05, 0) is 41.1 Å². The lowest BCUT2D eigenvalue weighted by Gasteiger charge is -2.06. The van der Waals surface area contributed by atoms with E-state index >= 15 is 0 Å². The number of sulfonamides is 1. The minimum absolute atomic E-state index is 0.225. The van der Waals surface area contributed by atoms with Crippen LogP contribution in [0.4, 0.5) is 5.69 Å². The molecule has 0 unspecified atom stereocenters. The topological polar surface area (TPSA) is 83.5 Å². The lowest BCUT2D eigenvalue weighted by atomic mass is 10.2. The molecule has 0 aliphatic carbocycles. The van der Waals surface area contributed by atoms with Crippen molar-refractivity contribution in [3.05, 3.63) is 46.7 Å². The molecule has 0 saturated heterocycles. The number of carboxylic acids is 1. The first-order valence-electron chi connectivity index (χ1n) is 5.79. The number of thiophene rings is 2. The number of aromatic carboxylic acids is 1. The van der Waals surface area contributed by atoms with Crippen LogP contribution in [0.3, 0.4) is 0 Å². The van der Waals surface area contributed by atoms with E-state index in [-0.39, 0.29) is 9.09 Å². The molecule has 3 aromatic rings. The van der Waals surface area contributed by atoms with Crippen LogP contribution in [0, 0.1) is 0 Å². The fourth-order valence-electron chi connectivity index (χ4n) is 1.83. The molecule has 108 valence electrons. The first-order valence-corrected chi connectivity index (χ1v) is 8.97. The van der Waals surface area contributed by atoms with Crippen molar-refractivity contribution in [3.63, 3.8) is 0 Å². The van der Waals surface area contributed by atoms with Gasteiger partial charge in [0.25, 0.3) is 10.0 Å². The highest BCUT2D eigenvalue weighted by Gasteiger charge is 2.16. The van der Waals surface area contributed by atoms with Gasteiger partial charge in [-0.1, -0.05) is 6.07 Å². The Labute approximate surface area is 128 Å². The van der Waals surface area contributed by atoms with E-state index in [1.54, 1.807) is 29.6 Å². The van der Waals surface area contributed by atoms with E-state index in [1.165, 1.54) is 12.1 Å². The highest BCUT2D eigenvalue weighted by Crippen LogP contribution is 2.29. The van der Waals surface area contributed by atoms with Crippen LogP contribution in [0.25, 0.3) is 10.1 Å². The molecule has 1 aromatic carbocycles. The molecule has 0 atom stereocenters. The zero-order valence-corrected chi connectivity index (χ0v) is 12.9. The van der Waals surface area contributed by atoms with Crippen molar-refractivity contribution in [1.29, 1.82) is 0 Å². The van der Waals surface area contributed by atoms with Crippen LogP contribution in [0.5, 0.6) is 0 Å². The van der Waals surface area contributed by atoms with E-state index in [2.05, 4.69) is 4.72 Å². The second kappa shape index (κ2) is 5.14. The molecule has 0 bridgehead atoms. The molecule has 0 saturated carbocycles. The summed E-state index contributed by atoms with van der Waals surface area (Å²) in [5.74, 6) is -0.989. The highest BCUT2D eigenvalue weighted by molar-refractivity contribution is 7.94. The molecule has 2 heterocycles. The third-order valence-electron chi connectivity index (χ3n) is 2.74. The molecule has 8 heteroatoms. The first-order chi connectivity index (χ1) is 9.95. The molecular weight excluding hydrogens is 330 g/mol. The summed E-state index contributed by atoms with van der Waals surface area (Å²) in [7, 11) is -3.59. The van der Waals surface area contributed by atoms with Crippen molar-refractivity contribution in [3.8, 4) is 0 Å². The van der Waals surface area contributed by atoms with Gasteiger partial charge in [-0.3, -0.25) is 4.72 Å². The largest absolute Gasteiger partial charge is 0.477 e. The number of anilines is 1. The number of hydrogen-bond acceptors (Lipinski definition) is 5. The van der Waals surface area contributed by atoms with Gasteiger partial charge in [-0.15, -0.1) is 22.7 Å². The SMILES string of the molecule is O=C(O)c1cc2cc(NS(=O)(=O)c3cccs3)ccc2s1. The molecule has 0 radical (unpaired) electrons. The Kier molecular flexibility index (Phi) is 3.44. The van der Waals surface area contributed by atoms with Crippen molar-refractivity contribution in [2.75, 3.05) is 4.72 Å². The van der Waals surface area contributed by atoms with E-state index in [9.17, 15) is 13.2 Å². The monoisotopic (exact) mass is 339 g/mol. The molecule has 0 spiro atoms.